The smallest absolute Gasteiger partial charge is 0.259 e. The second-order valence-electron chi connectivity index (χ2n) is 6.35. The predicted octanol–water partition coefficient (Wildman–Crippen LogP) is 3.54. The lowest BCUT2D eigenvalue weighted by Gasteiger charge is -2.34. The van der Waals surface area contributed by atoms with Crippen LogP contribution in [0.4, 0.5) is 0 Å². The van der Waals surface area contributed by atoms with Gasteiger partial charge in [0.2, 0.25) is 0 Å². The Hall–Kier alpha value is -2.63. The molecule has 1 aliphatic heterocycles. The lowest BCUT2D eigenvalue weighted by Crippen LogP contribution is -2.39. The molecule has 1 fully saturated rings. The van der Waals surface area contributed by atoms with E-state index in [1.165, 1.54) is 0 Å². The van der Waals surface area contributed by atoms with Gasteiger partial charge in [0.15, 0.2) is 0 Å². The monoisotopic (exact) mass is 324 g/mol. The van der Waals surface area contributed by atoms with Crippen LogP contribution in [-0.4, -0.2) is 32.5 Å². The van der Waals surface area contributed by atoms with Crippen LogP contribution < -0.4 is 0 Å². The molecule has 0 bridgehead atoms. The molecule has 0 radical (unpaired) electrons. The van der Waals surface area contributed by atoms with Crippen LogP contribution >= 0.6 is 0 Å². The van der Waals surface area contributed by atoms with E-state index in [2.05, 4.69) is 10.1 Å². The van der Waals surface area contributed by atoms with Crippen LogP contribution in [0.25, 0.3) is 11.0 Å². The Kier molecular flexibility index (Phi) is 3.59. The van der Waals surface area contributed by atoms with Crippen LogP contribution in [0, 0.1) is 13.8 Å². The van der Waals surface area contributed by atoms with E-state index in [0.717, 1.165) is 42.7 Å². The van der Waals surface area contributed by atoms with Crippen molar-refractivity contribution in [3.05, 3.63) is 47.1 Å². The summed E-state index contributed by atoms with van der Waals surface area (Å²) in [6.07, 6.45) is 3.01. The standard InChI is InChI=1S/C18H20N4O2/c1-11-16(12(2)24-21-11)18(23)22-10-6-5-9-15(22)17-19-13-7-3-4-8-14(13)20-17/h3-4,7-8,15H,5-6,9-10H2,1-2H3,(H,19,20)/t15-/m1/s1. The Bertz CT molecular complexity index is 843. The van der Waals surface area contributed by atoms with E-state index < -0.39 is 0 Å². The van der Waals surface area contributed by atoms with E-state index in [1.54, 1.807) is 6.92 Å². The van der Waals surface area contributed by atoms with E-state index in [-0.39, 0.29) is 11.9 Å². The average Bonchev–Trinajstić information content (AvgIpc) is 3.17. The van der Waals surface area contributed by atoms with Crippen LogP contribution in [0.5, 0.6) is 0 Å². The summed E-state index contributed by atoms with van der Waals surface area (Å²) >= 11 is 0. The maximum atomic E-state index is 13.1. The molecule has 124 valence electrons. The molecular formula is C18H20N4O2. The Morgan fingerprint density at radius 1 is 1.29 bits per heavy atom. The van der Waals surface area contributed by atoms with Gasteiger partial charge < -0.3 is 14.4 Å². The van der Waals surface area contributed by atoms with Crippen molar-refractivity contribution >= 4 is 16.9 Å². The third-order valence-corrected chi connectivity index (χ3v) is 4.73. The number of aryl methyl sites for hydroxylation is 2. The molecule has 3 heterocycles. The zero-order valence-corrected chi connectivity index (χ0v) is 13.9. The van der Waals surface area contributed by atoms with Crippen LogP contribution in [-0.2, 0) is 0 Å². The largest absolute Gasteiger partial charge is 0.361 e. The fraction of sp³-hybridized carbons (Fsp3) is 0.389. The van der Waals surface area contributed by atoms with E-state index in [1.807, 2.05) is 36.1 Å². The van der Waals surface area contributed by atoms with Crippen molar-refractivity contribution < 1.29 is 9.32 Å². The number of hydrogen-bond acceptors (Lipinski definition) is 4. The van der Waals surface area contributed by atoms with Gasteiger partial charge in [-0.25, -0.2) is 4.98 Å². The highest BCUT2D eigenvalue weighted by Crippen LogP contribution is 2.32. The fourth-order valence-corrected chi connectivity index (χ4v) is 3.52. The molecule has 0 aliphatic carbocycles. The first-order valence-electron chi connectivity index (χ1n) is 8.33. The first-order chi connectivity index (χ1) is 11.6. The molecule has 1 N–H and O–H groups in total. The SMILES string of the molecule is Cc1noc(C)c1C(=O)N1CCCC[C@@H]1c1nc2ccccc2[nH]1. The number of likely N-dealkylation sites (tertiary alicyclic amines) is 1. The Morgan fingerprint density at radius 3 is 2.88 bits per heavy atom. The summed E-state index contributed by atoms with van der Waals surface area (Å²) in [5.74, 6) is 1.42. The second-order valence-corrected chi connectivity index (χ2v) is 6.35. The molecule has 1 aromatic carbocycles. The van der Waals surface area contributed by atoms with Crippen molar-refractivity contribution in [1.82, 2.24) is 20.0 Å². The third-order valence-electron chi connectivity index (χ3n) is 4.73. The van der Waals surface area contributed by atoms with E-state index in [4.69, 9.17) is 9.51 Å². The minimum Gasteiger partial charge on any atom is -0.361 e. The number of aromatic amines is 1. The highest BCUT2D eigenvalue weighted by Gasteiger charge is 2.33. The van der Waals surface area contributed by atoms with Crippen LogP contribution in [0.2, 0.25) is 0 Å². The topological polar surface area (TPSA) is 75.0 Å². The summed E-state index contributed by atoms with van der Waals surface area (Å²) in [4.78, 5) is 23.1. The van der Waals surface area contributed by atoms with Crippen molar-refractivity contribution in [1.29, 1.82) is 0 Å². The van der Waals surface area contributed by atoms with Gasteiger partial charge in [0, 0.05) is 6.54 Å². The number of aromatic nitrogens is 3. The first kappa shape index (κ1) is 14.9. The van der Waals surface area contributed by atoms with E-state index in [0.29, 0.717) is 17.0 Å². The number of fused-ring (bicyclic) bond motifs is 1. The quantitative estimate of drug-likeness (QED) is 0.782. The van der Waals surface area contributed by atoms with Gasteiger partial charge in [0.05, 0.1) is 22.8 Å². The number of para-hydroxylation sites is 2. The minimum absolute atomic E-state index is 0.0172. The lowest BCUT2D eigenvalue weighted by atomic mass is 10.00. The molecule has 6 heteroatoms. The van der Waals surface area contributed by atoms with Crippen LogP contribution in [0.1, 0.15) is 52.9 Å². The number of carbonyl (C=O) groups excluding carboxylic acids is 1. The molecule has 1 saturated heterocycles. The summed E-state index contributed by atoms with van der Waals surface area (Å²) in [6.45, 7) is 4.32. The number of rotatable bonds is 2. The number of H-pyrrole nitrogens is 1. The fourth-order valence-electron chi connectivity index (χ4n) is 3.52. The van der Waals surface area contributed by atoms with Gasteiger partial charge in [-0.05, 0) is 45.2 Å². The zero-order valence-electron chi connectivity index (χ0n) is 13.9. The first-order valence-corrected chi connectivity index (χ1v) is 8.33. The summed E-state index contributed by atoms with van der Waals surface area (Å²) < 4.78 is 5.18. The summed E-state index contributed by atoms with van der Waals surface area (Å²) in [5.41, 5.74) is 3.16. The number of amides is 1. The van der Waals surface area contributed by atoms with Crippen molar-refractivity contribution in [2.45, 2.75) is 39.2 Å². The zero-order chi connectivity index (χ0) is 16.7. The molecule has 0 saturated carbocycles. The predicted molar refractivity (Wildman–Crippen MR) is 89.7 cm³/mol. The second kappa shape index (κ2) is 5.78. The number of piperidine rings is 1. The molecule has 2 aromatic heterocycles. The molecule has 0 spiro atoms. The maximum absolute atomic E-state index is 13.1. The van der Waals surface area contributed by atoms with Crippen molar-refractivity contribution in [2.24, 2.45) is 0 Å². The lowest BCUT2D eigenvalue weighted by molar-refractivity contribution is 0.0599. The summed E-state index contributed by atoms with van der Waals surface area (Å²) in [7, 11) is 0. The minimum atomic E-state index is -0.0349. The van der Waals surface area contributed by atoms with Crippen LogP contribution in [0.3, 0.4) is 0 Å². The molecule has 3 aromatic rings. The summed E-state index contributed by atoms with van der Waals surface area (Å²) in [6, 6.07) is 7.92. The van der Waals surface area contributed by atoms with Crippen LogP contribution in [0.15, 0.2) is 28.8 Å². The number of nitrogens with zero attached hydrogens (tertiary/aromatic N) is 3. The molecule has 6 nitrogen and oxygen atoms in total. The molecule has 1 amide bonds. The molecular weight excluding hydrogens is 304 g/mol. The van der Waals surface area contributed by atoms with Gasteiger partial charge in [-0.1, -0.05) is 17.3 Å². The number of carbonyl (C=O) groups is 1. The maximum Gasteiger partial charge on any atom is 0.259 e. The number of benzene rings is 1. The van der Waals surface area contributed by atoms with Gasteiger partial charge in [-0.3, -0.25) is 4.79 Å². The van der Waals surface area contributed by atoms with Gasteiger partial charge in [-0.2, -0.15) is 0 Å². The molecule has 1 aliphatic rings. The molecule has 0 unspecified atom stereocenters. The summed E-state index contributed by atoms with van der Waals surface area (Å²) in [5, 5.41) is 3.92. The van der Waals surface area contributed by atoms with E-state index >= 15 is 0 Å². The van der Waals surface area contributed by atoms with Crippen molar-refractivity contribution in [3.8, 4) is 0 Å². The Morgan fingerprint density at radius 2 is 2.12 bits per heavy atom. The molecule has 4 rings (SSSR count). The number of imidazole rings is 1. The highest BCUT2D eigenvalue weighted by atomic mass is 16.5. The average molecular weight is 324 g/mol. The normalized spacial score (nSPS) is 18.2. The molecule has 1 atom stereocenters. The molecule has 24 heavy (non-hydrogen) atoms. The van der Waals surface area contributed by atoms with E-state index in [9.17, 15) is 4.79 Å². The third kappa shape index (κ3) is 2.38. The van der Waals surface area contributed by atoms with Gasteiger partial charge in [0.25, 0.3) is 5.91 Å². The van der Waals surface area contributed by atoms with Crippen molar-refractivity contribution in [3.63, 3.8) is 0 Å². The Balaban J connectivity index is 1.71. The van der Waals surface area contributed by atoms with Gasteiger partial charge >= 0.3 is 0 Å². The highest BCUT2D eigenvalue weighted by molar-refractivity contribution is 5.96. The number of nitrogens with one attached hydrogen (secondary N) is 1. The van der Waals surface area contributed by atoms with Gasteiger partial charge in [-0.15, -0.1) is 0 Å². The number of hydrogen-bond donors (Lipinski definition) is 1. The van der Waals surface area contributed by atoms with Gasteiger partial charge in [0.1, 0.15) is 17.1 Å². The van der Waals surface area contributed by atoms with Crippen molar-refractivity contribution in [2.75, 3.05) is 6.54 Å². The Labute approximate surface area is 139 Å².